The van der Waals surface area contributed by atoms with Crippen molar-refractivity contribution in [3.05, 3.63) is 51.5 Å². The smallest absolute Gasteiger partial charge is 0.263 e. The van der Waals surface area contributed by atoms with E-state index in [1.54, 1.807) is 0 Å². The molecule has 0 aliphatic carbocycles. The van der Waals surface area contributed by atoms with Gasteiger partial charge in [-0.25, -0.2) is 16.8 Å². The molecule has 0 unspecified atom stereocenters. The van der Waals surface area contributed by atoms with Crippen LogP contribution in [0.4, 0.5) is 11.4 Å². The molecule has 24 heavy (non-hydrogen) atoms. The number of halogens is 3. The summed E-state index contributed by atoms with van der Waals surface area (Å²) in [6.45, 7) is 0. The van der Waals surface area contributed by atoms with Gasteiger partial charge in [-0.15, -0.1) is 0 Å². The molecule has 6 nitrogen and oxygen atoms in total. The van der Waals surface area contributed by atoms with Crippen LogP contribution in [-0.4, -0.2) is 23.1 Å². The van der Waals surface area contributed by atoms with E-state index in [9.17, 15) is 16.8 Å². The minimum Gasteiger partial charge on any atom is -0.282 e. The van der Waals surface area contributed by atoms with Gasteiger partial charge in [0.25, 0.3) is 10.0 Å². The topological polar surface area (TPSA) is 92.3 Å². The molecule has 2 aromatic carbocycles. The second-order valence-electron chi connectivity index (χ2n) is 4.75. The molecule has 2 N–H and O–H groups in total. The van der Waals surface area contributed by atoms with Crippen LogP contribution in [0.1, 0.15) is 0 Å². The molecule has 0 atom stereocenters. The van der Waals surface area contributed by atoms with E-state index in [0.29, 0.717) is 0 Å². The van der Waals surface area contributed by atoms with Crippen LogP contribution in [-0.2, 0) is 20.0 Å². The third kappa shape index (κ3) is 4.90. The highest BCUT2D eigenvalue weighted by atomic mass is 35.5. The van der Waals surface area contributed by atoms with E-state index in [1.165, 1.54) is 36.4 Å². The fraction of sp³-hybridized carbons (Fsp3) is 0.0769. The Morgan fingerprint density at radius 2 is 1.50 bits per heavy atom. The maximum atomic E-state index is 12.4. The molecular formula is C13H11Cl3N2O4S2. The lowest BCUT2D eigenvalue weighted by Gasteiger charge is -2.12. The quantitative estimate of drug-likeness (QED) is 0.755. The summed E-state index contributed by atoms with van der Waals surface area (Å²) in [5.74, 6) is 0. The molecule has 0 fully saturated rings. The van der Waals surface area contributed by atoms with Crippen molar-refractivity contribution in [1.82, 2.24) is 0 Å². The number of sulfonamides is 2. The summed E-state index contributed by atoms with van der Waals surface area (Å²) in [7, 11) is -7.50. The van der Waals surface area contributed by atoms with Crippen molar-refractivity contribution >= 4 is 66.2 Å². The molecule has 0 amide bonds. The van der Waals surface area contributed by atoms with E-state index in [4.69, 9.17) is 34.8 Å². The second kappa shape index (κ2) is 6.97. The van der Waals surface area contributed by atoms with Crippen molar-refractivity contribution in [2.45, 2.75) is 4.90 Å². The standard InChI is InChI=1S/C13H11Cl3N2O4S2/c1-23(19,20)18-12-5-3-9(7-11(12)16)17-24(21,22)13-6-8(14)2-4-10(13)15/h2-7,17-18H,1H3. The van der Waals surface area contributed by atoms with E-state index >= 15 is 0 Å². The maximum absolute atomic E-state index is 12.4. The van der Waals surface area contributed by atoms with E-state index in [0.717, 1.165) is 6.26 Å². The molecule has 0 bridgehead atoms. The molecule has 0 radical (unpaired) electrons. The van der Waals surface area contributed by atoms with Crippen LogP contribution in [0.2, 0.25) is 15.1 Å². The first-order valence-electron chi connectivity index (χ1n) is 6.23. The summed E-state index contributed by atoms with van der Waals surface area (Å²) in [5, 5.41) is 0.247. The lowest BCUT2D eigenvalue weighted by atomic mass is 10.3. The van der Waals surface area contributed by atoms with Crippen molar-refractivity contribution in [1.29, 1.82) is 0 Å². The first kappa shape index (κ1) is 19.1. The number of benzene rings is 2. The summed E-state index contributed by atoms with van der Waals surface area (Å²) in [4.78, 5) is -0.189. The Hall–Kier alpha value is -1.19. The van der Waals surface area contributed by atoms with Crippen molar-refractivity contribution in [2.24, 2.45) is 0 Å². The van der Waals surface area contributed by atoms with Crippen LogP contribution in [0.5, 0.6) is 0 Å². The fourth-order valence-electron chi connectivity index (χ4n) is 1.75. The monoisotopic (exact) mass is 428 g/mol. The molecule has 2 rings (SSSR count). The highest BCUT2D eigenvalue weighted by Crippen LogP contribution is 2.30. The summed E-state index contributed by atoms with van der Waals surface area (Å²) in [6, 6.07) is 8.00. The van der Waals surface area contributed by atoms with Crippen molar-refractivity contribution in [3.63, 3.8) is 0 Å². The van der Waals surface area contributed by atoms with Gasteiger partial charge < -0.3 is 0 Å². The van der Waals surface area contributed by atoms with Gasteiger partial charge >= 0.3 is 0 Å². The minimum absolute atomic E-state index is 0.00774. The van der Waals surface area contributed by atoms with Gasteiger partial charge in [-0.05, 0) is 36.4 Å². The first-order chi connectivity index (χ1) is 11.0. The molecule has 2 aromatic rings. The predicted octanol–water partition coefficient (Wildman–Crippen LogP) is 3.82. The Morgan fingerprint density at radius 1 is 0.833 bits per heavy atom. The third-order valence-corrected chi connectivity index (χ3v) is 5.70. The lowest BCUT2D eigenvalue weighted by Crippen LogP contribution is -2.14. The normalized spacial score (nSPS) is 12.0. The summed E-state index contributed by atoms with van der Waals surface area (Å²) < 4.78 is 51.7. The molecule has 0 aliphatic heterocycles. The summed E-state index contributed by atoms with van der Waals surface area (Å²) in [6.07, 6.45) is 0.973. The zero-order valence-electron chi connectivity index (χ0n) is 12.0. The Bertz CT molecular complexity index is 992. The van der Waals surface area contributed by atoms with Gasteiger partial charge in [-0.1, -0.05) is 34.8 Å². The van der Waals surface area contributed by atoms with Gasteiger partial charge in [0.2, 0.25) is 10.0 Å². The number of nitrogens with one attached hydrogen (secondary N) is 2. The first-order valence-corrected chi connectivity index (χ1v) is 10.7. The van der Waals surface area contributed by atoms with Gasteiger partial charge in [0.1, 0.15) is 4.90 Å². The number of hydrogen-bond acceptors (Lipinski definition) is 4. The molecular weight excluding hydrogens is 419 g/mol. The van der Waals surface area contributed by atoms with Gasteiger partial charge in [-0.2, -0.15) is 0 Å². The Balaban J connectivity index is 2.34. The van der Waals surface area contributed by atoms with E-state index in [2.05, 4.69) is 9.44 Å². The van der Waals surface area contributed by atoms with Crippen molar-refractivity contribution < 1.29 is 16.8 Å². The van der Waals surface area contributed by atoms with Gasteiger partial charge in [0.05, 0.1) is 27.7 Å². The van der Waals surface area contributed by atoms with Gasteiger partial charge in [0, 0.05) is 5.02 Å². The van der Waals surface area contributed by atoms with Gasteiger partial charge in [-0.3, -0.25) is 9.44 Å². The molecule has 0 spiro atoms. The zero-order chi connectivity index (χ0) is 18.1. The number of anilines is 2. The van der Waals surface area contributed by atoms with Crippen LogP contribution in [0.3, 0.4) is 0 Å². The largest absolute Gasteiger partial charge is 0.282 e. The van der Waals surface area contributed by atoms with Crippen molar-refractivity contribution in [2.75, 3.05) is 15.7 Å². The van der Waals surface area contributed by atoms with E-state index in [1.807, 2.05) is 0 Å². The SMILES string of the molecule is CS(=O)(=O)Nc1ccc(NS(=O)(=O)c2cc(Cl)ccc2Cl)cc1Cl. The summed E-state index contributed by atoms with van der Waals surface area (Å²) in [5.41, 5.74) is 0.262. The fourth-order valence-corrected chi connectivity index (χ4v) is 4.43. The highest BCUT2D eigenvalue weighted by molar-refractivity contribution is 7.93. The maximum Gasteiger partial charge on any atom is 0.263 e. The number of rotatable bonds is 5. The lowest BCUT2D eigenvalue weighted by molar-refractivity contribution is 0.600. The van der Waals surface area contributed by atoms with Crippen LogP contribution in [0.15, 0.2) is 41.3 Å². The molecule has 0 saturated carbocycles. The minimum atomic E-state index is -3.99. The van der Waals surface area contributed by atoms with E-state index in [-0.39, 0.29) is 31.3 Å². The molecule has 130 valence electrons. The Labute approximate surface area is 154 Å². The average molecular weight is 430 g/mol. The van der Waals surface area contributed by atoms with Crippen LogP contribution >= 0.6 is 34.8 Å². The van der Waals surface area contributed by atoms with Crippen LogP contribution in [0, 0.1) is 0 Å². The van der Waals surface area contributed by atoms with Crippen molar-refractivity contribution in [3.8, 4) is 0 Å². The zero-order valence-corrected chi connectivity index (χ0v) is 15.9. The summed E-state index contributed by atoms with van der Waals surface area (Å²) >= 11 is 17.6. The molecule has 11 heteroatoms. The molecule has 0 saturated heterocycles. The van der Waals surface area contributed by atoms with Gasteiger partial charge in [0.15, 0.2) is 0 Å². The average Bonchev–Trinajstić information content (AvgIpc) is 2.43. The van der Waals surface area contributed by atoms with Crippen LogP contribution in [0.25, 0.3) is 0 Å². The number of hydrogen-bond donors (Lipinski definition) is 2. The third-order valence-electron chi connectivity index (χ3n) is 2.70. The molecule has 0 aromatic heterocycles. The molecule has 0 aliphatic rings. The second-order valence-corrected chi connectivity index (χ2v) is 9.40. The molecule has 0 heterocycles. The highest BCUT2D eigenvalue weighted by Gasteiger charge is 2.19. The van der Waals surface area contributed by atoms with E-state index < -0.39 is 20.0 Å². The Kier molecular flexibility index (Phi) is 5.56. The Morgan fingerprint density at radius 3 is 2.08 bits per heavy atom. The predicted molar refractivity (Wildman–Crippen MR) is 97.2 cm³/mol. The van der Waals surface area contributed by atoms with Crippen LogP contribution < -0.4 is 9.44 Å².